The third kappa shape index (κ3) is 13.3. The number of ether oxygens (including phenoxy) is 8. The Kier molecular flexibility index (Phi) is 17.3. The van der Waals surface area contributed by atoms with Gasteiger partial charge in [0.2, 0.25) is 0 Å². The standard InChI is InChI=1S/C32H45NO11/c1-33(32(36)44-24-30-28-8-4-2-6-26(28)27-7-3-5-9-29(27)30)10-11-37-12-13-38-14-15-39-16-17-40-18-19-41-20-21-42-22-23-43-25-31(34)35/h2-9,30H,10-25H2,1H3,(H,34,35). The lowest BCUT2D eigenvalue weighted by molar-refractivity contribution is -0.142. The number of carboxylic acid groups (broad SMARTS) is 1. The van der Waals surface area contributed by atoms with E-state index in [0.717, 1.165) is 0 Å². The van der Waals surface area contributed by atoms with Gasteiger partial charge in [0.25, 0.3) is 0 Å². The maximum Gasteiger partial charge on any atom is 0.409 e. The Morgan fingerprint density at radius 1 is 0.614 bits per heavy atom. The molecule has 3 rings (SSSR count). The molecule has 0 saturated carbocycles. The van der Waals surface area contributed by atoms with Crippen LogP contribution in [0.4, 0.5) is 4.79 Å². The molecule has 0 radical (unpaired) electrons. The van der Waals surface area contributed by atoms with Gasteiger partial charge in [-0.05, 0) is 22.3 Å². The van der Waals surface area contributed by atoms with Crippen LogP contribution >= 0.6 is 0 Å². The fourth-order valence-corrected chi connectivity index (χ4v) is 4.48. The number of fused-ring (bicyclic) bond motifs is 3. The molecule has 0 saturated heterocycles. The van der Waals surface area contributed by atoms with E-state index in [4.69, 9.17) is 43.0 Å². The summed E-state index contributed by atoms with van der Waals surface area (Å²) in [6.45, 7) is 5.76. The minimum absolute atomic E-state index is 0.0358. The van der Waals surface area contributed by atoms with Gasteiger partial charge in [-0.25, -0.2) is 9.59 Å². The van der Waals surface area contributed by atoms with Crippen molar-refractivity contribution in [1.82, 2.24) is 4.90 Å². The third-order valence-corrected chi connectivity index (χ3v) is 6.68. The van der Waals surface area contributed by atoms with E-state index in [0.29, 0.717) is 92.4 Å². The number of benzene rings is 2. The van der Waals surface area contributed by atoms with Gasteiger partial charge in [0, 0.05) is 19.5 Å². The van der Waals surface area contributed by atoms with Gasteiger partial charge in [-0.3, -0.25) is 0 Å². The summed E-state index contributed by atoms with van der Waals surface area (Å²) in [4.78, 5) is 24.4. The number of amides is 1. The fourth-order valence-electron chi connectivity index (χ4n) is 4.48. The van der Waals surface area contributed by atoms with Crippen molar-refractivity contribution in [2.45, 2.75) is 5.92 Å². The van der Waals surface area contributed by atoms with Crippen molar-refractivity contribution in [2.75, 3.05) is 113 Å². The number of hydrogen-bond acceptors (Lipinski definition) is 10. The first-order chi connectivity index (χ1) is 21.6. The summed E-state index contributed by atoms with van der Waals surface area (Å²) >= 11 is 0. The highest BCUT2D eigenvalue weighted by Crippen LogP contribution is 2.44. The van der Waals surface area contributed by atoms with Crippen LogP contribution in [0.2, 0.25) is 0 Å². The lowest BCUT2D eigenvalue weighted by Gasteiger charge is -2.19. The molecule has 44 heavy (non-hydrogen) atoms. The van der Waals surface area contributed by atoms with Crippen LogP contribution in [0, 0.1) is 0 Å². The normalized spacial score (nSPS) is 12.2. The first-order valence-corrected chi connectivity index (χ1v) is 14.9. The third-order valence-electron chi connectivity index (χ3n) is 6.68. The molecule has 0 heterocycles. The number of carbonyl (C=O) groups is 2. The van der Waals surface area contributed by atoms with E-state index in [9.17, 15) is 9.59 Å². The van der Waals surface area contributed by atoms with Gasteiger partial charge in [0.05, 0.1) is 85.9 Å². The summed E-state index contributed by atoms with van der Waals surface area (Å²) in [5.74, 6) is -0.964. The molecule has 0 unspecified atom stereocenters. The molecular weight excluding hydrogens is 574 g/mol. The van der Waals surface area contributed by atoms with Crippen LogP contribution in [0.1, 0.15) is 17.0 Å². The topological polar surface area (TPSA) is 131 Å². The van der Waals surface area contributed by atoms with Gasteiger partial charge >= 0.3 is 12.1 Å². The molecule has 0 bridgehead atoms. The monoisotopic (exact) mass is 619 g/mol. The van der Waals surface area contributed by atoms with Gasteiger partial charge in [0.15, 0.2) is 0 Å². The van der Waals surface area contributed by atoms with Crippen molar-refractivity contribution in [2.24, 2.45) is 0 Å². The second kappa shape index (κ2) is 21.6. The summed E-state index contributed by atoms with van der Waals surface area (Å²) in [7, 11) is 1.70. The Bertz CT molecular complexity index is 1050. The molecule has 1 aliphatic carbocycles. The summed E-state index contributed by atoms with van der Waals surface area (Å²) in [5, 5.41) is 8.43. The SMILES string of the molecule is CN(CCOCCOCCOCCOCCOCCOCCOCC(=O)O)C(=O)OCC1c2ccccc2-c2ccccc21. The van der Waals surface area contributed by atoms with E-state index in [2.05, 4.69) is 24.3 Å². The Morgan fingerprint density at radius 3 is 1.43 bits per heavy atom. The van der Waals surface area contributed by atoms with Gasteiger partial charge in [-0.1, -0.05) is 48.5 Å². The number of carboxylic acids is 1. The molecule has 1 aliphatic rings. The average molecular weight is 620 g/mol. The van der Waals surface area contributed by atoms with Crippen LogP contribution < -0.4 is 0 Å². The maximum absolute atomic E-state index is 12.6. The number of rotatable bonds is 25. The Balaban J connectivity index is 1.07. The van der Waals surface area contributed by atoms with E-state index in [-0.39, 0.29) is 25.2 Å². The number of aliphatic carboxylic acids is 1. The van der Waals surface area contributed by atoms with Crippen molar-refractivity contribution in [1.29, 1.82) is 0 Å². The maximum atomic E-state index is 12.6. The minimum atomic E-state index is -0.999. The van der Waals surface area contributed by atoms with Gasteiger partial charge in [0.1, 0.15) is 13.2 Å². The largest absolute Gasteiger partial charge is 0.480 e. The first kappa shape index (κ1) is 35.4. The zero-order valence-corrected chi connectivity index (χ0v) is 25.5. The van der Waals surface area contributed by atoms with Gasteiger partial charge in [-0.15, -0.1) is 0 Å². The second-order valence-electron chi connectivity index (χ2n) is 9.85. The van der Waals surface area contributed by atoms with Crippen LogP contribution in [0.3, 0.4) is 0 Å². The Labute approximate surface area is 259 Å². The molecule has 2 aromatic carbocycles. The van der Waals surface area contributed by atoms with E-state index in [1.54, 1.807) is 7.05 Å². The van der Waals surface area contributed by atoms with Crippen LogP contribution in [-0.4, -0.2) is 135 Å². The number of nitrogens with zero attached hydrogens (tertiary/aromatic N) is 1. The van der Waals surface area contributed by atoms with Crippen molar-refractivity contribution in [3.63, 3.8) is 0 Å². The van der Waals surface area contributed by atoms with Crippen LogP contribution in [0.25, 0.3) is 11.1 Å². The highest BCUT2D eigenvalue weighted by molar-refractivity contribution is 5.79. The molecule has 12 nitrogen and oxygen atoms in total. The molecular formula is C32H45NO11. The first-order valence-electron chi connectivity index (χ1n) is 14.9. The quantitative estimate of drug-likeness (QED) is 0.165. The van der Waals surface area contributed by atoms with Crippen LogP contribution in [0.5, 0.6) is 0 Å². The predicted octanol–water partition coefficient (Wildman–Crippen LogP) is 3.07. The highest BCUT2D eigenvalue weighted by atomic mass is 16.6. The van der Waals surface area contributed by atoms with E-state index in [1.807, 2.05) is 24.3 Å². The zero-order valence-electron chi connectivity index (χ0n) is 25.5. The Morgan fingerprint density at radius 2 is 1.00 bits per heavy atom. The van der Waals surface area contributed by atoms with E-state index < -0.39 is 5.97 Å². The lowest BCUT2D eigenvalue weighted by Crippen LogP contribution is -2.32. The molecule has 1 amide bonds. The number of carbonyl (C=O) groups excluding carboxylic acids is 1. The summed E-state index contributed by atoms with van der Waals surface area (Å²) in [5.41, 5.74) is 4.78. The molecule has 1 N–H and O–H groups in total. The average Bonchev–Trinajstić information content (AvgIpc) is 3.35. The predicted molar refractivity (Wildman–Crippen MR) is 161 cm³/mol. The van der Waals surface area contributed by atoms with E-state index in [1.165, 1.54) is 27.2 Å². The smallest absolute Gasteiger partial charge is 0.409 e. The Hall–Kier alpha value is -3.10. The summed E-state index contributed by atoms with van der Waals surface area (Å²) in [6.07, 6.45) is -0.371. The van der Waals surface area contributed by atoms with Crippen molar-refractivity contribution < 1.29 is 52.6 Å². The zero-order chi connectivity index (χ0) is 31.2. The van der Waals surface area contributed by atoms with Gasteiger partial charge in [-0.2, -0.15) is 0 Å². The summed E-state index contributed by atoms with van der Waals surface area (Å²) < 4.78 is 43.1. The number of likely N-dealkylation sites (N-methyl/N-ethyl adjacent to an activating group) is 1. The van der Waals surface area contributed by atoms with Crippen molar-refractivity contribution >= 4 is 12.1 Å². The van der Waals surface area contributed by atoms with Crippen molar-refractivity contribution in [3.8, 4) is 11.1 Å². The summed E-state index contributed by atoms with van der Waals surface area (Å²) in [6, 6.07) is 16.5. The van der Waals surface area contributed by atoms with Crippen LogP contribution in [0.15, 0.2) is 48.5 Å². The molecule has 0 spiro atoms. The lowest BCUT2D eigenvalue weighted by atomic mass is 9.98. The minimum Gasteiger partial charge on any atom is -0.480 e. The molecule has 0 aliphatic heterocycles. The second-order valence-corrected chi connectivity index (χ2v) is 9.85. The molecule has 12 heteroatoms. The molecule has 0 fully saturated rings. The molecule has 2 aromatic rings. The van der Waals surface area contributed by atoms with Crippen LogP contribution in [-0.2, 0) is 42.7 Å². The fraction of sp³-hybridized carbons (Fsp3) is 0.562. The molecule has 244 valence electrons. The molecule has 0 atom stereocenters. The van der Waals surface area contributed by atoms with E-state index >= 15 is 0 Å². The van der Waals surface area contributed by atoms with Gasteiger partial charge < -0.3 is 47.9 Å². The van der Waals surface area contributed by atoms with Crippen molar-refractivity contribution in [3.05, 3.63) is 59.7 Å². The number of hydrogen-bond donors (Lipinski definition) is 1. The molecule has 0 aromatic heterocycles. The highest BCUT2D eigenvalue weighted by Gasteiger charge is 2.29.